The van der Waals surface area contributed by atoms with Crippen LogP contribution in [0.3, 0.4) is 0 Å². The molecule has 1 aromatic heterocycles. The molecular formula is C13H14N2O2S4. The van der Waals surface area contributed by atoms with Gasteiger partial charge in [-0.3, -0.25) is 14.3 Å². The molecule has 0 radical (unpaired) electrons. The summed E-state index contributed by atoms with van der Waals surface area (Å²) in [4.78, 5) is 14.9. The number of hydrogen-bond acceptors (Lipinski definition) is 6. The van der Waals surface area contributed by atoms with Crippen molar-refractivity contribution >= 4 is 63.8 Å². The predicted octanol–water partition coefficient (Wildman–Crippen LogP) is 3.78. The first-order valence-electron chi connectivity index (χ1n) is 6.34. The fraction of sp³-hybridized carbons (Fsp3) is 0.308. The third-order valence-corrected chi connectivity index (χ3v) is 5.69. The van der Waals surface area contributed by atoms with E-state index in [2.05, 4.69) is 0 Å². The Hall–Kier alpha value is -0.960. The minimum atomic E-state index is -0.0693. The van der Waals surface area contributed by atoms with Crippen LogP contribution in [-0.4, -0.2) is 31.3 Å². The summed E-state index contributed by atoms with van der Waals surface area (Å²) in [6.07, 6.45) is 5.20. The number of thiazole rings is 1. The van der Waals surface area contributed by atoms with Crippen molar-refractivity contribution < 1.29 is 9.90 Å². The fourth-order valence-corrected chi connectivity index (χ4v) is 4.49. The molecule has 1 aliphatic rings. The van der Waals surface area contributed by atoms with Crippen LogP contribution in [0, 0.1) is 3.95 Å². The van der Waals surface area contributed by atoms with Crippen LogP contribution in [0.4, 0.5) is 0 Å². The third-order valence-electron chi connectivity index (χ3n) is 2.89. The number of thioether (sulfide) groups is 1. The Morgan fingerprint density at radius 1 is 1.29 bits per heavy atom. The molecule has 0 atom stereocenters. The average Bonchev–Trinajstić information content (AvgIpc) is 2.87. The molecule has 2 heterocycles. The number of aromatic nitrogens is 1. The standard InChI is InChI=1S/C13H14N2O2S4/c1-3-14-10(16)8(20-12(14)18)6-5-7-9-11(17)15(4-2)13(19)21-9/h5-7,16H,3-4H2,1-2H3. The first-order valence-corrected chi connectivity index (χ1v) is 8.79. The number of hydrogen-bond donors (Lipinski definition) is 1. The van der Waals surface area contributed by atoms with E-state index in [1.807, 2.05) is 13.8 Å². The number of carbonyl (C=O) groups is 1. The maximum Gasteiger partial charge on any atom is 0.266 e. The van der Waals surface area contributed by atoms with Crippen LogP contribution >= 0.6 is 47.5 Å². The average molecular weight is 359 g/mol. The van der Waals surface area contributed by atoms with Crippen molar-refractivity contribution in [3.05, 3.63) is 25.9 Å². The molecule has 112 valence electrons. The van der Waals surface area contributed by atoms with Crippen LogP contribution in [0.5, 0.6) is 5.88 Å². The van der Waals surface area contributed by atoms with E-state index in [1.165, 1.54) is 23.1 Å². The number of nitrogens with zero attached hydrogens (tertiary/aromatic N) is 2. The first-order chi connectivity index (χ1) is 9.99. The topological polar surface area (TPSA) is 45.5 Å². The highest BCUT2D eigenvalue weighted by molar-refractivity contribution is 8.26. The minimum Gasteiger partial charge on any atom is -0.493 e. The Bertz CT molecular complexity index is 700. The van der Waals surface area contributed by atoms with Gasteiger partial charge in [-0.05, 0) is 38.2 Å². The van der Waals surface area contributed by atoms with Crippen molar-refractivity contribution in [1.82, 2.24) is 9.47 Å². The van der Waals surface area contributed by atoms with Gasteiger partial charge in [0.25, 0.3) is 5.91 Å². The number of aromatic hydroxyl groups is 1. The van der Waals surface area contributed by atoms with Crippen LogP contribution < -0.4 is 0 Å². The van der Waals surface area contributed by atoms with Crippen LogP contribution in [0.25, 0.3) is 6.08 Å². The van der Waals surface area contributed by atoms with Gasteiger partial charge in [0.1, 0.15) is 4.32 Å². The van der Waals surface area contributed by atoms with Gasteiger partial charge >= 0.3 is 0 Å². The highest BCUT2D eigenvalue weighted by Gasteiger charge is 2.29. The summed E-state index contributed by atoms with van der Waals surface area (Å²) < 4.78 is 2.88. The maximum absolute atomic E-state index is 12.0. The zero-order chi connectivity index (χ0) is 15.6. The number of carbonyl (C=O) groups excluding carboxylic acids is 1. The molecule has 0 spiro atoms. The van der Waals surface area contributed by atoms with E-state index in [0.29, 0.717) is 31.1 Å². The van der Waals surface area contributed by atoms with Crippen molar-refractivity contribution in [3.8, 4) is 5.88 Å². The summed E-state index contributed by atoms with van der Waals surface area (Å²) in [5.74, 6) is 0.0957. The van der Waals surface area contributed by atoms with Crippen molar-refractivity contribution in [2.45, 2.75) is 20.4 Å². The molecule has 4 nitrogen and oxygen atoms in total. The number of thiocarbonyl (C=S) groups is 1. The fourth-order valence-electron chi connectivity index (χ4n) is 1.81. The van der Waals surface area contributed by atoms with E-state index in [-0.39, 0.29) is 11.8 Å². The van der Waals surface area contributed by atoms with Crippen molar-refractivity contribution in [2.24, 2.45) is 0 Å². The van der Waals surface area contributed by atoms with Crippen LogP contribution in [-0.2, 0) is 11.3 Å². The number of likely N-dealkylation sites (N-methyl/N-ethyl adjacent to an activating group) is 1. The highest BCUT2D eigenvalue weighted by Crippen LogP contribution is 2.31. The molecule has 0 aliphatic carbocycles. The lowest BCUT2D eigenvalue weighted by molar-refractivity contribution is -0.122. The Balaban J connectivity index is 2.20. The van der Waals surface area contributed by atoms with Gasteiger partial charge in [0.05, 0.1) is 9.78 Å². The lowest BCUT2D eigenvalue weighted by Crippen LogP contribution is -2.27. The molecule has 21 heavy (non-hydrogen) atoms. The summed E-state index contributed by atoms with van der Waals surface area (Å²) in [6.45, 7) is 5.02. The quantitative estimate of drug-likeness (QED) is 0.655. The molecule has 1 N–H and O–H groups in total. The van der Waals surface area contributed by atoms with Crippen LogP contribution in [0.2, 0.25) is 0 Å². The summed E-state index contributed by atoms with van der Waals surface area (Å²) in [5, 5.41) is 10.0. The number of rotatable bonds is 4. The third kappa shape index (κ3) is 3.28. The molecule has 0 unspecified atom stereocenters. The van der Waals surface area contributed by atoms with E-state index in [0.717, 1.165) is 0 Å². The van der Waals surface area contributed by atoms with Crippen molar-refractivity contribution in [3.63, 3.8) is 0 Å². The second-order valence-corrected chi connectivity index (χ2v) is 7.46. The molecule has 1 aromatic rings. The van der Waals surface area contributed by atoms with E-state index < -0.39 is 0 Å². The van der Waals surface area contributed by atoms with Crippen LogP contribution in [0.1, 0.15) is 18.7 Å². The zero-order valence-electron chi connectivity index (χ0n) is 11.5. The Morgan fingerprint density at radius 3 is 2.52 bits per heavy atom. The molecule has 1 aliphatic heterocycles. The summed E-state index contributed by atoms with van der Waals surface area (Å²) in [6, 6.07) is 0. The van der Waals surface area contributed by atoms with Gasteiger partial charge in [-0.25, -0.2) is 0 Å². The summed E-state index contributed by atoms with van der Waals surface area (Å²) in [7, 11) is 0. The second kappa shape index (κ2) is 6.87. The van der Waals surface area contributed by atoms with Gasteiger partial charge < -0.3 is 5.11 Å². The highest BCUT2D eigenvalue weighted by atomic mass is 32.2. The Kier molecular flexibility index (Phi) is 5.37. The molecule has 8 heteroatoms. The summed E-state index contributed by atoms with van der Waals surface area (Å²) >= 11 is 12.9. The molecule has 0 aromatic carbocycles. The molecule has 1 amide bonds. The lowest BCUT2D eigenvalue weighted by atomic mass is 10.3. The van der Waals surface area contributed by atoms with Crippen LogP contribution in [0.15, 0.2) is 17.1 Å². The van der Waals surface area contributed by atoms with E-state index in [4.69, 9.17) is 24.4 Å². The zero-order valence-corrected chi connectivity index (χ0v) is 14.8. The molecular weight excluding hydrogens is 344 g/mol. The smallest absolute Gasteiger partial charge is 0.266 e. The number of allylic oxidation sites excluding steroid dienone is 2. The molecule has 0 bridgehead atoms. The SMILES string of the molecule is CCN1C(=O)C(=CC=Cc2sc(=S)n(CC)c2O)SC1=S. The van der Waals surface area contributed by atoms with E-state index in [1.54, 1.807) is 27.7 Å². The molecule has 2 rings (SSSR count). The monoisotopic (exact) mass is 358 g/mol. The normalized spacial score (nSPS) is 17.6. The van der Waals surface area contributed by atoms with E-state index in [9.17, 15) is 9.90 Å². The van der Waals surface area contributed by atoms with Gasteiger partial charge in [0.15, 0.2) is 3.95 Å². The molecule has 0 saturated carbocycles. The maximum atomic E-state index is 12.0. The summed E-state index contributed by atoms with van der Waals surface area (Å²) in [5.41, 5.74) is 0. The minimum absolute atomic E-state index is 0.0693. The molecule has 1 fully saturated rings. The van der Waals surface area contributed by atoms with Gasteiger partial charge in [-0.1, -0.05) is 30.1 Å². The second-order valence-electron chi connectivity index (χ2n) is 4.11. The predicted molar refractivity (Wildman–Crippen MR) is 95.2 cm³/mol. The number of amides is 1. The van der Waals surface area contributed by atoms with Crippen molar-refractivity contribution in [2.75, 3.05) is 6.54 Å². The first kappa shape index (κ1) is 16.4. The van der Waals surface area contributed by atoms with Gasteiger partial charge in [-0.2, -0.15) is 0 Å². The molecule has 1 saturated heterocycles. The van der Waals surface area contributed by atoms with Gasteiger partial charge in [0.2, 0.25) is 5.88 Å². The van der Waals surface area contributed by atoms with E-state index >= 15 is 0 Å². The Morgan fingerprint density at radius 2 is 2.00 bits per heavy atom. The largest absolute Gasteiger partial charge is 0.493 e. The van der Waals surface area contributed by atoms with Crippen molar-refractivity contribution in [1.29, 1.82) is 0 Å². The lowest BCUT2D eigenvalue weighted by Gasteiger charge is -2.09. The van der Waals surface area contributed by atoms with Gasteiger partial charge in [0, 0.05) is 13.1 Å². The Labute approximate surface area is 141 Å². The van der Waals surface area contributed by atoms with Gasteiger partial charge in [-0.15, -0.1) is 11.3 Å².